The van der Waals surface area contributed by atoms with Gasteiger partial charge in [-0.05, 0) is 37.1 Å². The maximum absolute atomic E-state index is 13.2. The van der Waals surface area contributed by atoms with E-state index in [0.29, 0.717) is 30.8 Å². The van der Waals surface area contributed by atoms with Crippen molar-refractivity contribution in [3.8, 4) is 11.3 Å². The summed E-state index contributed by atoms with van der Waals surface area (Å²) in [6.45, 7) is 3.90. The molecule has 0 aliphatic carbocycles. The molecule has 1 unspecified atom stereocenters. The third-order valence-electron chi connectivity index (χ3n) is 5.19. The number of aromatic nitrogens is 3. The number of anilines is 1. The molecule has 1 aromatic heterocycles. The van der Waals surface area contributed by atoms with Gasteiger partial charge in [-0.1, -0.05) is 35.5 Å². The summed E-state index contributed by atoms with van der Waals surface area (Å²) in [4.78, 5) is 11.5. The molecule has 1 fully saturated rings. The van der Waals surface area contributed by atoms with E-state index in [9.17, 15) is 13.2 Å². The fraction of sp³-hybridized carbons (Fsp3) is 0.286. The van der Waals surface area contributed by atoms with Gasteiger partial charge in [-0.15, -0.1) is 5.10 Å². The lowest BCUT2D eigenvalue weighted by Gasteiger charge is -2.18. The summed E-state index contributed by atoms with van der Waals surface area (Å²) in [7, 11) is -3.64. The highest BCUT2D eigenvalue weighted by Gasteiger charge is 2.34. The number of hydrogen-bond acceptors (Lipinski definition) is 5. The van der Waals surface area contributed by atoms with Gasteiger partial charge in [-0.25, -0.2) is 13.1 Å². The average molecular weight is 426 g/mol. The van der Waals surface area contributed by atoms with E-state index in [-0.39, 0.29) is 16.8 Å². The van der Waals surface area contributed by atoms with Crippen LogP contribution in [0.15, 0.2) is 59.6 Å². The predicted molar refractivity (Wildman–Crippen MR) is 113 cm³/mol. The molecule has 1 aliphatic heterocycles. The Morgan fingerprint density at radius 2 is 1.93 bits per heavy atom. The van der Waals surface area contributed by atoms with E-state index >= 15 is 0 Å². The van der Waals surface area contributed by atoms with Gasteiger partial charge in [0.25, 0.3) is 0 Å². The lowest BCUT2D eigenvalue weighted by atomic mass is 10.2. The van der Waals surface area contributed by atoms with Gasteiger partial charge < -0.3 is 5.32 Å². The number of hydrogen-bond donors (Lipinski definition) is 1. The van der Waals surface area contributed by atoms with Crippen molar-refractivity contribution in [1.29, 1.82) is 0 Å². The van der Waals surface area contributed by atoms with Crippen LogP contribution >= 0.6 is 0 Å². The van der Waals surface area contributed by atoms with Crippen molar-refractivity contribution in [2.24, 2.45) is 0 Å². The zero-order valence-electron chi connectivity index (χ0n) is 16.8. The number of nitrogens with zero attached hydrogens (tertiary/aromatic N) is 4. The standard InChI is InChI=1S/C21H23N5O3S/c1-15-12-18(22-16(2)27)8-9-21(15)30(28,29)25-11-10-19(13-25)26-14-20(23-24-26)17-6-4-3-5-7-17/h3-9,12,14,19H,10-11,13H2,1-2H3,(H,22,27). The van der Waals surface area contributed by atoms with Crippen molar-refractivity contribution < 1.29 is 13.2 Å². The van der Waals surface area contributed by atoms with Crippen molar-refractivity contribution >= 4 is 21.6 Å². The predicted octanol–water partition coefficient (Wildman–Crippen LogP) is 2.85. The number of sulfonamides is 1. The average Bonchev–Trinajstić information content (AvgIpc) is 3.38. The Kier molecular flexibility index (Phi) is 5.40. The quantitative estimate of drug-likeness (QED) is 0.678. The van der Waals surface area contributed by atoms with Gasteiger partial charge in [-0.2, -0.15) is 4.31 Å². The fourth-order valence-corrected chi connectivity index (χ4v) is 5.40. The molecule has 0 radical (unpaired) electrons. The number of carbonyl (C=O) groups excluding carboxylic acids is 1. The van der Waals surface area contributed by atoms with Gasteiger partial charge >= 0.3 is 0 Å². The molecule has 2 aromatic carbocycles. The van der Waals surface area contributed by atoms with E-state index < -0.39 is 10.0 Å². The molecule has 1 aliphatic rings. The Labute approximate surface area is 175 Å². The second-order valence-electron chi connectivity index (χ2n) is 7.42. The van der Waals surface area contributed by atoms with Gasteiger partial charge in [0.1, 0.15) is 5.69 Å². The molecule has 1 N–H and O–H groups in total. The first-order chi connectivity index (χ1) is 14.3. The van der Waals surface area contributed by atoms with Crippen LogP contribution in [0.1, 0.15) is 24.9 Å². The maximum Gasteiger partial charge on any atom is 0.243 e. The van der Waals surface area contributed by atoms with Gasteiger partial charge in [0, 0.05) is 31.3 Å². The van der Waals surface area contributed by atoms with Crippen LogP contribution in [0, 0.1) is 6.92 Å². The van der Waals surface area contributed by atoms with Crippen LogP contribution in [-0.4, -0.2) is 46.7 Å². The monoisotopic (exact) mass is 425 g/mol. The Hall–Kier alpha value is -3.04. The molecule has 30 heavy (non-hydrogen) atoms. The van der Waals surface area contributed by atoms with Gasteiger partial charge in [0.05, 0.1) is 17.1 Å². The van der Waals surface area contributed by atoms with Crippen LogP contribution in [-0.2, 0) is 14.8 Å². The molecule has 0 saturated carbocycles. The molecular formula is C21H23N5O3S. The number of amides is 1. The Bertz CT molecular complexity index is 1170. The van der Waals surface area contributed by atoms with Crippen LogP contribution < -0.4 is 5.32 Å². The maximum atomic E-state index is 13.2. The summed E-state index contributed by atoms with van der Waals surface area (Å²) in [6, 6.07) is 14.5. The highest BCUT2D eigenvalue weighted by Crippen LogP contribution is 2.30. The van der Waals surface area contributed by atoms with E-state index in [1.54, 1.807) is 29.8 Å². The minimum absolute atomic E-state index is 0.0660. The second kappa shape index (κ2) is 8.00. The van der Waals surface area contributed by atoms with E-state index in [2.05, 4.69) is 15.6 Å². The van der Waals surface area contributed by atoms with Gasteiger partial charge in [0.2, 0.25) is 15.9 Å². The molecule has 3 aromatic rings. The normalized spacial score (nSPS) is 17.2. The van der Waals surface area contributed by atoms with Gasteiger partial charge in [-0.3, -0.25) is 4.79 Å². The Morgan fingerprint density at radius 1 is 1.17 bits per heavy atom. The smallest absolute Gasteiger partial charge is 0.243 e. The third-order valence-corrected chi connectivity index (χ3v) is 7.22. The molecule has 1 amide bonds. The topological polar surface area (TPSA) is 97.2 Å². The Balaban J connectivity index is 1.51. The molecule has 4 rings (SSSR count). The summed E-state index contributed by atoms with van der Waals surface area (Å²) >= 11 is 0. The summed E-state index contributed by atoms with van der Waals surface area (Å²) in [5.41, 5.74) is 2.91. The molecule has 8 nitrogen and oxygen atoms in total. The molecule has 9 heteroatoms. The molecule has 2 heterocycles. The first-order valence-electron chi connectivity index (χ1n) is 9.70. The lowest BCUT2D eigenvalue weighted by molar-refractivity contribution is -0.114. The Morgan fingerprint density at radius 3 is 2.63 bits per heavy atom. The number of rotatable bonds is 5. The lowest BCUT2D eigenvalue weighted by Crippen LogP contribution is -2.30. The van der Waals surface area contributed by atoms with Crippen LogP contribution in [0.2, 0.25) is 0 Å². The number of nitrogens with one attached hydrogen (secondary N) is 1. The van der Waals surface area contributed by atoms with E-state index in [0.717, 1.165) is 11.3 Å². The molecule has 156 valence electrons. The zero-order chi connectivity index (χ0) is 21.3. The SMILES string of the molecule is CC(=O)Nc1ccc(S(=O)(=O)N2CCC(n3cc(-c4ccccc4)nn3)C2)c(C)c1. The second-order valence-corrected chi connectivity index (χ2v) is 9.32. The molecule has 0 spiro atoms. The number of carbonyl (C=O) groups is 1. The van der Waals surface area contributed by atoms with Crippen molar-refractivity contribution in [1.82, 2.24) is 19.3 Å². The highest BCUT2D eigenvalue weighted by molar-refractivity contribution is 7.89. The zero-order valence-corrected chi connectivity index (χ0v) is 17.6. The minimum Gasteiger partial charge on any atom is -0.326 e. The summed E-state index contributed by atoms with van der Waals surface area (Å²) < 4.78 is 29.6. The molecule has 1 saturated heterocycles. The highest BCUT2D eigenvalue weighted by atomic mass is 32.2. The molecule has 1 atom stereocenters. The van der Waals surface area contributed by atoms with Crippen molar-refractivity contribution in [3.63, 3.8) is 0 Å². The van der Waals surface area contributed by atoms with Crippen LogP contribution in [0.25, 0.3) is 11.3 Å². The van der Waals surface area contributed by atoms with E-state index in [1.165, 1.54) is 11.2 Å². The number of aryl methyl sites for hydroxylation is 1. The van der Waals surface area contributed by atoms with Crippen molar-refractivity contribution in [3.05, 3.63) is 60.3 Å². The third kappa shape index (κ3) is 3.99. The van der Waals surface area contributed by atoms with Gasteiger partial charge in [0.15, 0.2) is 0 Å². The van der Waals surface area contributed by atoms with Crippen LogP contribution in [0.3, 0.4) is 0 Å². The summed E-state index contributed by atoms with van der Waals surface area (Å²) in [5, 5.41) is 11.1. The summed E-state index contributed by atoms with van der Waals surface area (Å²) in [6.07, 6.45) is 2.53. The molecular weight excluding hydrogens is 402 g/mol. The van der Waals surface area contributed by atoms with Crippen LogP contribution in [0.5, 0.6) is 0 Å². The molecule has 0 bridgehead atoms. The van der Waals surface area contributed by atoms with E-state index in [1.807, 2.05) is 36.5 Å². The first-order valence-corrected chi connectivity index (χ1v) is 11.1. The van der Waals surface area contributed by atoms with Crippen molar-refractivity contribution in [2.45, 2.75) is 31.2 Å². The first kappa shape index (κ1) is 20.2. The largest absolute Gasteiger partial charge is 0.326 e. The summed E-state index contributed by atoms with van der Waals surface area (Å²) in [5.74, 6) is -0.199. The van der Waals surface area contributed by atoms with Crippen molar-refractivity contribution in [2.75, 3.05) is 18.4 Å². The van der Waals surface area contributed by atoms with E-state index in [4.69, 9.17) is 0 Å². The van der Waals surface area contributed by atoms with Crippen LogP contribution in [0.4, 0.5) is 5.69 Å². The number of benzene rings is 2. The fourth-order valence-electron chi connectivity index (χ4n) is 3.70. The minimum atomic E-state index is -3.64.